The van der Waals surface area contributed by atoms with E-state index in [0.717, 1.165) is 5.56 Å². The number of ketones is 1. The topological polar surface area (TPSA) is 22.0 Å². The third-order valence-electron chi connectivity index (χ3n) is 2.76. The second kappa shape index (κ2) is 5.36. The number of carbonyl (C=O) groups excluding carboxylic acids is 1. The standard InChI is InChI=1S/C14H13ClFNO/c1-2-14(18)11-5-6-17(9-11)8-10-3-4-12(16)7-13(10)15/h3-7,9H,2,8H2,1H3. The lowest BCUT2D eigenvalue weighted by atomic mass is 10.2. The highest BCUT2D eigenvalue weighted by molar-refractivity contribution is 6.31. The zero-order valence-corrected chi connectivity index (χ0v) is 10.7. The van der Waals surface area contributed by atoms with Crippen molar-refractivity contribution in [1.29, 1.82) is 0 Å². The first-order chi connectivity index (χ1) is 8.60. The van der Waals surface area contributed by atoms with E-state index in [9.17, 15) is 9.18 Å². The molecule has 1 aromatic carbocycles. The molecule has 0 aliphatic rings. The van der Waals surface area contributed by atoms with Crippen molar-refractivity contribution in [2.75, 3.05) is 0 Å². The van der Waals surface area contributed by atoms with E-state index in [-0.39, 0.29) is 11.6 Å². The molecule has 0 atom stereocenters. The van der Waals surface area contributed by atoms with Crippen molar-refractivity contribution in [2.24, 2.45) is 0 Å². The lowest BCUT2D eigenvalue weighted by Crippen LogP contribution is -1.99. The fourth-order valence-electron chi connectivity index (χ4n) is 1.75. The average Bonchev–Trinajstić information content (AvgIpc) is 2.80. The van der Waals surface area contributed by atoms with Crippen LogP contribution in [0.5, 0.6) is 0 Å². The minimum absolute atomic E-state index is 0.110. The van der Waals surface area contributed by atoms with Gasteiger partial charge in [0.05, 0.1) is 0 Å². The first-order valence-electron chi connectivity index (χ1n) is 5.73. The second-order valence-corrected chi connectivity index (χ2v) is 4.49. The highest BCUT2D eigenvalue weighted by atomic mass is 35.5. The Bertz CT molecular complexity index is 577. The summed E-state index contributed by atoms with van der Waals surface area (Å²) in [5.41, 5.74) is 1.51. The van der Waals surface area contributed by atoms with Gasteiger partial charge >= 0.3 is 0 Å². The number of Topliss-reactive ketones (excluding diaryl/α,β-unsaturated/α-hetero) is 1. The fraction of sp³-hybridized carbons (Fsp3) is 0.214. The minimum atomic E-state index is -0.349. The molecule has 0 aliphatic carbocycles. The van der Waals surface area contributed by atoms with Crippen LogP contribution >= 0.6 is 11.6 Å². The molecule has 0 bridgehead atoms. The molecule has 0 saturated heterocycles. The van der Waals surface area contributed by atoms with Gasteiger partial charge in [0.1, 0.15) is 5.82 Å². The van der Waals surface area contributed by atoms with Crippen molar-refractivity contribution in [3.8, 4) is 0 Å². The van der Waals surface area contributed by atoms with Gasteiger partial charge in [0.25, 0.3) is 0 Å². The second-order valence-electron chi connectivity index (χ2n) is 4.08. The SMILES string of the molecule is CCC(=O)c1ccn(Cc2ccc(F)cc2Cl)c1. The van der Waals surface area contributed by atoms with E-state index in [1.165, 1.54) is 12.1 Å². The fourth-order valence-corrected chi connectivity index (χ4v) is 1.98. The molecule has 0 saturated carbocycles. The van der Waals surface area contributed by atoms with Crippen LogP contribution in [0.2, 0.25) is 5.02 Å². The van der Waals surface area contributed by atoms with E-state index in [2.05, 4.69) is 0 Å². The predicted molar refractivity (Wildman–Crippen MR) is 69.6 cm³/mol. The molecular formula is C14H13ClFNO. The first kappa shape index (κ1) is 12.8. The maximum Gasteiger partial charge on any atom is 0.164 e. The molecule has 94 valence electrons. The number of aromatic nitrogens is 1. The van der Waals surface area contributed by atoms with Gasteiger partial charge < -0.3 is 4.57 Å². The van der Waals surface area contributed by atoms with Gasteiger partial charge in [-0.15, -0.1) is 0 Å². The Hall–Kier alpha value is -1.61. The monoisotopic (exact) mass is 265 g/mol. The Morgan fingerprint density at radius 3 is 2.83 bits per heavy atom. The highest BCUT2D eigenvalue weighted by Gasteiger charge is 2.07. The van der Waals surface area contributed by atoms with Crippen molar-refractivity contribution < 1.29 is 9.18 Å². The molecule has 0 amide bonds. The molecule has 0 spiro atoms. The van der Waals surface area contributed by atoms with Gasteiger partial charge in [-0.25, -0.2) is 4.39 Å². The normalized spacial score (nSPS) is 10.6. The maximum absolute atomic E-state index is 12.9. The van der Waals surface area contributed by atoms with Gasteiger partial charge in [-0.05, 0) is 23.8 Å². The Balaban J connectivity index is 2.18. The largest absolute Gasteiger partial charge is 0.349 e. The molecular weight excluding hydrogens is 253 g/mol. The Kier molecular flexibility index (Phi) is 3.82. The number of nitrogens with zero attached hydrogens (tertiary/aromatic N) is 1. The third-order valence-corrected chi connectivity index (χ3v) is 3.11. The van der Waals surface area contributed by atoms with E-state index in [1.807, 2.05) is 17.7 Å². The number of benzene rings is 1. The predicted octanol–water partition coefficient (Wildman–Crippen LogP) is 3.92. The molecule has 1 heterocycles. The quantitative estimate of drug-likeness (QED) is 0.768. The summed E-state index contributed by atoms with van der Waals surface area (Å²) in [5, 5.41) is 0.395. The summed E-state index contributed by atoms with van der Waals surface area (Å²) in [4.78, 5) is 11.5. The van der Waals surface area contributed by atoms with Crippen molar-refractivity contribution in [1.82, 2.24) is 4.57 Å². The summed E-state index contributed by atoms with van der Waals surface area (Å²) in [7, 11) is 0. The number of halogens is 2. The lowest BCUT2D eigenvalue weighted by Gasteiger charge is -2.05. The molecule has 1 aromatic heterocycles. The first-order valence-corrected chi connectivity index (χ1v) is 6.11. The van der Waals surface area contributed by atoms with E-state index < -0.39 is 0 Å². The van der Waals surface area contributed by atoms with Crippen LogP contribution in [0.4, 0.5) is 4.39 Å². The van der Waals surface area contributed by atoms with Crippen LogP contribution in [0.3, 0.4) is 0 Å². The van der Waals surface area contributed by atoms with Crippen LogP contribution in [-0.4, -0.2) is 10.4 Å². The van der Waals surface area contributed by atoms with Crippen molar-refractivity contribution in [3.05, 3.63) is 58.6 Å². The number of hydrogen-bond acceptors (Lipinski definition) is 1. The zero-order valence-electron chi connectivity index (χ0n) is 9.99. The molecule has 4 heteroatoms. The molecule has 0 radical (unpaired) electrons. The summed E-state index contributed by atoms with van der Waals surface area (Å²) < 4.78 is 14.8. The molecule has 2 rings (SSSR count). The van der Waals surface area contributed by atoms with Crippen molar-refractivity contribution >= 4 is 17.4 Å². The smallest absolute Gasteiger partial charge is 0.164 e. The minimum Gasteiger partial charge on any atom is -0.349 e. The van der Waals surface area contributed by atoms with Gasteiger partial charge in [-0.3, -0.25) is 4.79 Å². The summed E-state index contributed by atoms with van der Waals surface area (Å²) in [5.74, 6) is -0.239. The summed E-state index contributed by atoms with van der Waals surface area (Å²) in [6.07, 6.45) is 4.09. The Labute approximate surface area is 110 Å². The van der Waals surface area contributed by atoms with Gasteiger partial charge in [-0.2, -0.15) is 0 Å². The molecule has 0 unspecified atom stereocenters. The van der Waals surface area contributed by atoms with E-state index in [4.69, 9.17) is 11.6 Å². The van der Waals surface area contributed by atoms with Gasteiger partial charge in [0.15, 0.2) is 5.78 Å². The lowest BCUT2D eigenvalue weighted by molar-refractivity contribution is 0.0988. The highest BCUT2D eigenvalue weighted by Crippen LogP contribution is 2.19. The van der Waals surface area contributed by atoms with Crippen molar-refractivity contribution in [3.63, 3.8) is 0 Å². The van der Waals surface area contributed by atoms with Gasteiger partial charge in [0, 0.05) is 35.9 Å². The Morgan fingerprint density at radius 1 is 1.39 bits per heavy atom. The van der Waals surface area contributed by atoms with Crippen LogP contribution in [-0.2, 0) is 6.54 Å². The van der Waals surface area contributed by atoms with Crippen LogP contribution in [0.15, 0.2) is 36.7 Å². The summed E-state index contributed by atoms with van der Waals surface area (Å²) in [6.45, 7) is 2.35. The van der Waals surface area contributed by atoms with Crippen LogP contribution in [0.25, 0.3) is 0 Å². The van der Waals surface area contributed by atoms with Crippen LogP contribution < -0.4 is 0 Å². The number of rotatable bonds is 4. The van der Waals surface area contributed by atoms with E-state index >= 15 is 0 Å². The van der Waals surface area contributed by atoms with Gasteiger partial charge in [-0.1, -0.05) is 24.6 Å². The van der Waals surface area contributed by atoms with E-state index in [0.29, 0.717) is 23.6 Å². The number of carbonyl (C=O) groups is 1. The summed E-state index contributed by atoms with van der Waals surface area (Å²) in [6, 6.07) is 6.10. The molecule has 0 aliphatic heterocycles. The molecule has 0 fully saturated rings. The Morgan fingerprint density at radius 2 is 2.17 bits per heavy atom. The van der Waals surface area contributed by atoms with E-state index in [1.54, 1.807) is 18.3 Å². The van der Waals surface area contributed by atoms with Crippen LogP contribution in [0.1, 0.15) is 29.3 Å². The molecule has 2 aromatic rings. The van der Waals surface area contributed by atoms with Crippen molar-refractivity contribution in [2.45, 2.75) is 19.9 Å². The zero-order chi connectivity index (χ0) is 13.1. The van der Waals surface area contributed by atoms with Crippen LogP contribution in [0, 0.1) is 5.82 Å². The molecule has 2 nitrogen and oxygen atoms in total. The average molecular weight is 266 g/mol. The molecule has 18 heavy (non-hydrogen) atoms. The van der Waals surface area contributed by atoms with Gasteiger partial charge in [0.2, 0.25) is 0 Å². The summed E-state index contributed by atoms with van der Waals surface area (Å²) >= 11 is 5.96. The maximum atomic E-state index is 12.9. The number of hydrogen-bond donors (Lipinski definition) is 0. The molecule has 0 N–H and O–H groups in total. The third kappa shape index (κ3) is 2.79.